The Hall–Kier alpha value is -1.39. The van der Waals surface area contributed by atoms with Crippen LogP contribution in [0.4, 0.5) is 10.1 Å². The van der Waals surface area contributed by atoms with Crippen LogP contribution >= 0.6 is 15.9 Å². The maximum Gasteiger partial charge on any atom is 0.123 e. The molecular formula is C16H18BrFN2. The van der Waals surface area contributed by atoms with Gasteiger partial charge in [-0.15, -0.1) is 0 Å². The predicted molar refractivity (Wildman–Crippen MR) is 85.4 cm³/mol. The van der Waals surface area contributed by atoms with Crippen LogP contribution in [-0.2, 0) is 6.54 Å². The molecule has 0 spiro atoms. The first-order valence-electron chi connectivity index (χ1n) is 6.56. The minimum Gasteiger partial charge on any atom is -0.383 e. The first kappa shape index (κ1) is 15.0. The van der Waals surface area contributed by atoms with Crippen LogP contribution in [0.25, 0.3) is 0 Å². The second kappa shape index (κ2) is 7.41. The standard InChI is InChI=1S/C16H18BrFN2/c1-20(12-13-6-8-14(18)9-7-13)11-10-19-16-5-3-2-4-15(16)17/h2-9,19H,10-12H2,1H3. The summed E-state index contributed by atoms with van der Waals surface area (Å²) in [6, 6.07) is 14.7. The lowest BCUT2D eigenvalue weighted by molar-refractivity contribution is 0.340. The van der Waals surface area contributed by atoms with Crippen LogP contribution < -0.4 is 5.32 Å². The summed E-state index contributed by atoms with van der Waals surface area (Å²) in [5, 5.41) is 3.39. The molecule has 0 saturated carbocycles. The fourth-order valence-corrected chi connectivity index (χ4v) is 2.39. The van der Waals surface area contributed by atoms with Crippen LogP contribution in [0.15, 0.2) is 53.0 Å². The van der Waals surface area contributed by atoms with Gasteiger partial charge in [-0.25, -0.2) is 4.39 Å². The number of likely N-dealkylation sites (N-methyl/N-ethyl adjacent to an activating group) is 1. The zero-order valence-corrected chi connectivity index (χ0v) is 13.0. The van der Waals surface area contributed by atoms with Crippen LogP contribution in [-0.4, -0.2) is 25.0 Å². The van der Waals surface area contributed by atoms with Crippen molar-refractivity contribution in [3.8, 4) is 0 Å². The van der Waals surface area contributed by atoms with Gasteiger partial charge in [0, 0.05) is 29.8 Å². The van der Waals surface area contributed by atoms with Crippen molar-refractivity contribution in [3.05, 3.63) is 64.4 Å². The third-order valence-electron chi connectivity index (χ3n) is 3.05. The quantitative estimate of drug-likeness (QED) is 0.853. The van der Waals surface area contributed by atoms with E-state index in [0.29, 0.717) is 0 Å². The Bertz CT molecular complexity index is 542. The van der Waals surface area contributed by atoms with E-state index in [1.807, 2.05) is 36.4 Å². The van der Waals surface area contributed by atoms with Crippen molar-refractivity contribution in [2.45, 2.75) is 6.54 Å². The lowest BCUT2D eigenvalue weighted by Crippen LogP contribution is -2.24. The van der Waals surface area contributed by atoms with E-state index in [1.165, 1.54) is 12.1 Å². The summed E-state index contributed by atoms with van der Waals surface area (Å²) in [5.74, 6) is -0.188. The first-order valence-corrected chi connectivity index (χ1v) is 7.36. The van der Waals surface area contributed by atoms with Crippen LogP contribution in [0.3, 0.4) is 0 Å². The van der Waals surface area contributed by atoms with Crippen molar-refractivity contribution in [1.82, 2.24) is 4.90 Å². The summed E-state index contributed by atoms with van der Waals surface area (Å²) in [5.41, 5.74) is 2.22. The summed E-state index contributed by atoms with van der Waals surface area (Å²) >= 11 is 3.51. The number of nitrogens with one attached hydrogen (secondary N) is 1. The average molecular weight is 337 g/mol. The molecule has 20 heavy (non-hydrogen) atoms. The topological polar surface area (TPSA) is 15.3 Å². The smallest absolute Gasteiger partial charge is 0.123 e. The zero-order valence-electron chi connectivity index (χ0n) is 11.4. The van der Waals surface area contributed by atoms with Gasteiger partial charge in [0.25, 0.3) is 0 Å². The molecule has 0 saturated heterocycles. The number of anilines is 1. The first-order chi connectivity index (χ1) is 9.65. The molecule has 2 rings (SSSR count). The molecule has 2 nitrogen and oxygen atoms in total. The highest BCUT2D eigenvalue weighted by atomic mass is 79.9. The molecular weight excluding hydrogens is 319 g/mol. The van der Waals surface area contributed by atoms with Crippen LogP contribution in [0.1, 0.15) is 5.56 Å². The Morgan fingerprint density at radius 2 is 1.80 bits per heavy atom. The van der Waals surface area contributed by atoms with Gasteiger partial charge in [0.15, 0.2) is 0 Å². The summed E-state index contributed by atoms with van der Waals surface area (Å²) in [7, 11) is 2.06. The van der Waals surface area contributed by atoms with Crippen molar-refractivity contribution in [2.75, 3.05) is 25.5 Å². The lowest BCUT2D eigenvalue weighted by atomic mass is 10.2. The van der Waals surface area contributed by atoms with Crippen molar-refractivity contribution in [2.24, 2.45) is 0 Å². The summed E-state index contributed by atoms with van der Waals surface area (Å²) in [4.78, 5) is 2.21. The largest absolute Gasteiger partial charge is 0.383 e. The van der Waals surface area contributed by atoms with Gasteiger partial charge >= 0.3 is 0 Å². The minimum absolute atomic E-state index is 0.188. The Morgan fingerprint density at radius 3 is 2.50 bits per heavy atom. The highest BCUT2D eigenvalue weighted by molar-refractivity contribution is 9.10. The van der Waals surface area contributed by atoms with Crippen LogP contribution in [0, 0.1) is 5.82 Å². The number of halogens is 2. The molecule has 0 amide bonds. The van der Waals surface area contributed by atoms with Crippen molar-refractivity contribution in [3.63, 3.8) is 0 Å². The SMILES string of the molecule is CN(CCNc1ccccc1Br)Cc1ccc(F)cc1. The summed E-state index contributed by atoms with van der Waals surface area (Å²) in [6.45, 7) is 2.59. The van der Waals surface area contributed by atoms with E-state index in [0.717, 1.165) is 35.4 Å². The molecule has 0 aliphatic heterocycles. The van der Waals surface area contributed by atoms with Gasteiger partial charge in [0.1, 0.15) is 5.82 Å². The maximum absolute atomic E-state index is 12.8. The van der Waals surface area contributed by atoms with E-state index in [2.05, 4.69) is 33.2 Å². The Morgan fingerprint density at radius 1 is 1.10 bits per heavy atom. The third kappa shape index (κ3) is 4.62. The Kier molecular flexibility index (Phi) is 5.56. The maximum atomic E-state index is 12.8. The summed E-state index contributed by atoms with van der Waals surface area (Å²) < 4.78 is 13.9. The molecule has 2 aromatic rings. The van der Waals surface area contributed by atoms with Gasteiger partial charge in [0.2, 0.25) is 0 Å². The number of rotatable bonds is 6. The molecule has 2 aromatic carbocycles. The van der Waals surface area contributed by atoms with Crippen LogP contribution in [0.5, 0.6) is 0 Å². The van der Waals surface area contributed by atoms with E-state index in [9.17, 15) is 4.39 Å². The number of hydrogen-bond donors (Lipinski definition) is 1. The normalized spacial score (nSPS) is 10.8. The second-order valence-electron chi connectivity index (χ2n) is 4.77. The van der Waals surface area contributed by atoms with Crippen molar-refractivity contribution < 1.29 is 4.39 Å². The molecule has 0 radical (unpaired) electrons. The van der Waals surface area contributed by atoms with E-state index in [-0.39, 0.29) is 5.82 Å². The molecule has 0 fully saturated rings. The predicted octanol–water partition coefficient (Wildman–Crippen LogP) is 4.13. The molecule has 0 atom stereocenters. The highest BCUT2D eigenvalue weighted by Crippen LogP contribution is 2.20. The van der Waals surface area contributed by atoms with E-state index >= 15 is 0 Å². The molecule has 0 aliphatic carbocycles. The number of para-hydroxylation sites is 1. The van der Waals surface area contributed by atoms with E-state index in [4.69, 9.17) is 0 Å². The third-order valence-corrected chi connectivity index (χ3v) is 3.74. The van der Waals surface area contributed by atoms with Gasteiger partial charge in [-0.2, -0.15) is 0 Å². The molecule has 4 heteroatoms. The van der Waals surface area contributed by atoms with Gasteiger partial charge in [0.05, 0.1) is 0 Å². The van der Waals surface area contributed by atoms with Crippen molar-refractivity contribution in [1.29, 1.82) is 0 Å². The number of benzene rings is 2. The molecule has 0 aromatic heterocycles. The van der Waals surface area contributed by atoms with E-state index in [1.54, 1.807) is 0 Å². The monoisotopic (exact) mass is 336 g/mol. The van der Waals surface area contributed by atoms with Gasteiger partial charge in [-0.3, -0.25) is 0 Å². The minimum atomic E-state index is -0.188. The molecule has 106 valence electrons. The van der Waals surface area contributed by atoms with Gasteiger partial charge in [-0.05, 0) is 52.8 Å². The molecule has 0 bridgehead atoms. The molecule has 0 aliphatic rings. The van der Waals surface area contributed by atoms with Gasteiger partial charge in [-0.1, -0.05) is 24.3 Å². The fourth-order valence-electron chi connectivity index (χ4n) is 1.97. The lowest BCUT2D eigenvalue weighted by Gasteiger charge is -2.17. The molecule has 0 unspecified atom stereocenters. The Labute approximate surface area is 127 Å². The number of nitrogens with zero attached hydrogens (tertiary/aromatic N) is 1. The summed E-state index contributed by atoms with van der Waals surface area (Å²) in [6.07, 6.45) is 0. The second-order valence-corrected chi connectivity index (χ2v) is 5.63. The molecule has 0 heterocycles. The van der Waals surface area contributed by atoms with Gasteiger partial charge < -0.3 is 10.2 Å². The molecule has 1 N–H and O–H groups in total. The fraction of sp³-hybridized carbons (Fsp3) is 0.250. The average Bonchev–Trinajstić information content (AvgIpc) is 2.43. The van der Waals surface area contributed by atoms with E-state index < -0.39 is 0 Å². The van der Waals surface area contributed by atoms with Crippen molar-refractivity contribution >= 4 is 21.6 Å². The Balaban J connectivity index is 1.76. The highest BCUT2D eigenvalue weighted by Gasteiger charge is 2.02. The van der Waals surface area contributed by atoms with Crippen LogP contribution in [0.2, 0.25) is 0 Å². The number of hydrogen-bond acceptors (Lipinski definition) is 2. The zero-order chi connectivity index (χ0) is 14.4.